The number of carbonyl (C=O) groups is 1. The lowest BCUT2D eigenvalue weighted by Gasteiger charge is -2.26. The molecule has 3 fully saturated rings. The first-order valence-corrected chi connectivity index (χ1v) is 8.91. The van der Waals surface area contributed by atoms with Gasteiger partial charge in [-0.3, -0.25) is 4.79 Å². The second kappa shape index (κ2) is 8.21. The summed E-state index contributed by atoms with van der Waals surface area (Å²) in [5, 5.41) is 3.51. The van der Waals surface area contributed by atoms with Crippen LogP contribution in [0.3, 0.4) is 0 Å². The van der Waals surface area contributed by atoms with Crippen LogP contribution >= 0.6 is 24.0 Å². The number of hydrogen-bond acceptors (Lipinski definition) is 3. The molecule has 138 valence electrons. The number of guanidine groups is 1. The zero-order valence-electron chi connectivity index (χ0n) is 15.2. The molecule has 2 bridgehead atoms. The van der Waals surface area contributed by atoms with Gasteiger partial charge in [0.25, 0.3) is 0 Å². The van der Waals surface area contributed by atoms with Crippen LogP contribution in [0.15, 0.2) is 4.99 Å². The Bertz CT molecular complexity index is 467. The highest BCUT2D eigenvalue weighted by Crippen LogP contribution is 2.47. The lowest BCUT2D eigenvalue weighted by Crippen LogP contribution is -2.45. The Kier molecular flexibility index (Phi) is 6.75. The van der Waals surface area contributed by atoms with E-state index >= 15 is 0 Å². The van der Waals surface area contributed by atoms with Crippen LogP contribution in [0.2, 0.25) is 0 Å². The number of likely N-dealkylation sites (tertiary alicyclic amines) is 1. The summed E-state index contributed by atoms with van der Waals surface area (Å²) in [7, 11) is 3.55. The maximum Gasteiger partial charge on any atom is 0.243 e. The standard InChI is InChI=1S/C17H30N4O2.HI/c1-5-11(2)19-17(18-8-16(22)20(3)4)21-9-12-13(10-21)15-7-6-14(12)23-15;/h11-15H,5-10H2,1-4H3,(H,18,19);1H. The van der Waals surface area contributed by atoms with Crippen LogP contribution in [-0.2, 0) is 9.53 Å². The number of carbonyl (C=O) groups excluding carboxylic acids is 1. The summed E-state index contributed by atoms with van der Waals surface area (Å²) in [6.07, 6.45) is 4.36. The molecule has 0 aromatic rings. The number of nitrogens with zero attached hydrogens (tertiary/aromatic N) is 3. The van der Waals surface area contributed by atoms with Gasteiger partial charge >= 0.3 is 0 Å². The maximum atomic E-state index is 11.9. The third-order valence-corrected chi connectivity index (χ3v) is 5.60. The largest absolute Gasteiger partial charge is 0.374 e. The normalized spacial score (nSPS) is 32.3. The van der Waals surface area contributed by atoms with Crippen molar-refractivity contribution in [2.75, 3.05) is 33.7 Å². The van der Waals surface area contributed by atoms with Gasteiger partial charge in [-0.05, 0) is 26.2 Å². The number of hydrogen-bond donors (Lipinski definition) is 1. The molecule has 3 saturated heterocycles. The molecule has 1 amide bonds. The molecule has 3 rings (SSSR count). The van der Waals surface area contributed by atoms with Crippen LogP contribution in [0.25, 0.3) is 0 Å². The average Bonchev–Trinajstić information content (AvgIpc) is 3.22. The predicted octanol–water partition coefficient (Wildman–Crippen LogP) is 1.55. The van der Waals surface area contributed by atoms with Crippen LogP contribution < -0.4 is 5.32 Å². The van der Waals surface area contributed by atoms with Gasteiger partial charge in [-0.2, -0.15) is 0 Å². The highest BCUT2D eigenvalue weighted by Gasteiger charge is 2.53. The number of amides is 1. The predicted molar refractivity (Wildman–Crippen MR) is 106 cm³/mol. The molecular weight excluding hydrogens is 419 g/mol. The topological polar surface area (TPSA) is 57.2 Å². The Morgan fingerprint density at radius 1 is 1.29 bits per heavy atom. The van der Waals surface area contributed by atoms with E-state index in [-0.39, 0.29) is 36.4 Å². The first-order chi connectivity index (χ1) is 11.0. The molecule has 24 heavy (non-hydrogen) atoms. The van der Waals surface area contributed by atoms with Crippen molar-refractivity contribution in [3.8, 4) is 0 Å². The van der Waals surface area contributed by atoms with Crippen LogP contribution in [0, 0.1) is 11.8 Å². The van der Waals surface area contributed by atoms with E-state index in [0.717, 1.165) is 25.5 Å². The Morgan fingerprint density at radius 2 is 1.88 bits per heavy atom. The zero-order chi connectivity index (χ0) is 16.6. The zero-order valence-corrected chi connectivity index (χ0v) is 17.5. The third-order valence-electron chi connectivity index (χ3n) is 5.60. The number of nitrogens with one attached hydrogen (secondary N) is 1. The Labute approximate surface area is 162 Å². The van der Waals surface area contributed by atoms with E-state index in [0.29, 0.717) is 30.1 Å². The van der Waals surface area contributed by atoms with Crippen molar-refractivity contribution in [3.05, 3.63) is 0 Å². The monoisotopic (exact) mass is 450 g/mol. The average molecular weight is 450 g/mol. The summed E-state index contributed by atoms with van der Waals surface area (Å²) in [5.74, 6) is 2.21. The molecule has 0 aromatic heterocycles. The van der Waals surface area contributed by atoms with E-state index in [4.69, 9.17) is 4.74 Å². The van der Waals surface area contributed by atoms with Crippen LogP contribution in [0.4, 0.5) is 0 Å². The van der Waals surface area contributed by atoms with Gasteiger partial charge in [-0.25, -0.2) is 4.99 Å². The van der Waals surface area contributed by atoms with Gasteiger partial charge in [0.1, 0.15) is 6.54 Å². The molecule has 1 N–H and O–H groups in total. The van der Waals surface area contributed by atoms with E-state index in [2.05, 4.69) is 29.1 Å². The lowest BCUT2D eigenvalue weighted by molar-refractivity contribution is -0.127. The molecule has 3 aliphatic rings. The van der Waals surface area contributed by atoms with Gasteiger partial charge in [0.05, 0.1) is 12.2 Å². The minimum atomic E-state index is 0. The van der Waals surface area contributed by atoms with Crippen molar-refractivity contribution >= 4 is 35.8 Å². The van der Waals surface area contributed by atoms with Gasteiger partial charge in [0.2, 0.25) is 5.91 Å². The second-order valence-corrected chi connectivity index (χ2v) is 7.40. The summed E-state index contributed by atoms with van der Waals surface area (Å²) in [4.78, 5) is 20.4. The van der Waals surface area contributed by atoms with Gasteiger partial charge in [0.15, 0.2) is 5.96 Å². The van der Waals surface area contributed by atoms with E-state index < -0.39 is 0 Å². The fourth-order valence-corrected chi connectivity index (χ4v) is 3.98. The van der Waals surface area contributed by atoms with E-state index in [1.807, 2.05) is 0 Å². The van der Waals surface area contributed by atoms with E-state index in [9.17, 15) is 4.79 Å². The number of fused-ring (bicyclic) bond motifs is 5. The van der Waals surface area contributed by atoms with Crippen LogP contribution in [-0.4, -0.2) is 73.6 Å². The van der Waals surface area contributed by atoms with Gasteiger partial charge in [-0.1, -0.05) is 6.92 Å². The number of aliphatic imine (C=N–C) groups is 1. The van der Waals surface area contributed by atoms with Crippen molar-refractivity contribution < 1.29 is 9.53 Å². The Hall–Kier alpha value is -0.570. The van der Waals surface area contributed by atoms with E-state index in [1.165, 1.54) is 12.8 Å². The molecular formula is C17H31IN4O2. The molecule has 0 aliphatic carbocycles. The molecule has 5 unspecified atom stereocenters. The number of rotatable bonds is 4. The van der Waals surface area contributed by atoms with Gasteiger partial charge < -0.3 is 19.9 Å². The smallest absolute Gasteiger partial charge is 0.243 e. The second-order valence-electron chi connectivity index (χ2n) is 7.40. The molecule has 0 spiro atoms. The number of halogens is 1. The van der Waals surface area contributed by atoms with Crippen molar-refractivity contribution in [2.45, 2.75) is 51.4 Å². The first kappa shape index (κ1) is 19.8. The molecule has 3 heterocycles. The highest BCUT2D eigenvalue weighted by atomic mass is 127. The minimum absolute atomic E-state index is 0. The van der Waals surface area contributed by atoms with Crippen molar-refractivity contribution in [1.82, 2.24) is 15.1 Å². The molecule has 7 heteroatoms. The number of ether oxygens (including phenoxy) is 1. The molecule has 3 aliphatic heterocycles. The fourth-order valence-electron chi connectivity index (χ4n) is 3.98. The molecule has 0 saturated carbocycles. The van der Waals surface area contributed by atoms with Crippen molar-refractivity contribution in [1.29, 1.82) is 0 Å². The van der Waals surface area contributed by atoms with Crippen molar-refractivity contribution in [3.63, 3.8) is 0 Å². The Balaban J connectivity index is 0.00000208. The van der Waals surface area contributed by atoms with Gasteiger partial charge in [-0.15, -0.1) is 24.0 Å². The quantitative estimate of drug-likeness (QED) is 0.401. The third kappa shape index (κ3) is 3.98. The van der Waals surface area contributed by atoms with E-state index in [1.54, 1.807) is 19.0 Å². The van der Waals surface area contributed by atoms with Gasteiger partial charge in [0, 0.05) is 45.1 Å². The van der Waals surface area contributed by atoms with Crippen LogP contribution in [0.5, 0.6) is 0 Å². The minimum Gasteiger partial charge on any atom is -0.374 e. The molecule has 0 radical (unpaired) electrons. The first-order valence-electron chi connectivity index (χ1n) is 8.91. The Morgan fingerprint density at radius 3 is 2.38 bits per heavy atom. The lowest BCUT2D eigenvalue weighted by atomic mass is 9.82. The SMILES string of the molecule is CCC(C)NC(=NCC(=O)N(C)C)N1CC2C3CCC(O3)C2C1.I. The molecule has 0 aromatic carbocycles. The van der Waals surface area contributed by atoms with Crippen molar-refractivity contribution in [2.24, 2.45) is 16.8 Å². The number of likely N-dealkylation sites (N-methyl/N-ethyl adjacent to an activating group) is 1. The summed E-state index contributed by atoms with van der Waals surface area (Å²) in [6, 6.07) is 0.358. The fraction of sp³-hybridized carbons (Fsp3) is 0.882. The highest BCUT2D eigenvalue weighted by molar-refractivity contribution is 14.0. The summed E-state index contributed by atoms with van der Waals surface area (Å²) >= 11 is 0. The van der Waals surface area contributed by atoms with Crippen LogP contribution in [0.1, 0.15) is 33.1 Å². The summed E-state index contributed by atoms with van der Waals surface area (Å²) in [5.41, 5.74) is 0. The summed E-state index contributed by atoms with van der Waals surface area (Å²) in [6.45, 7) is 6.54. The molecule has 5 atom stereocenters. The summed E-state index contributed by atoms with van der Waals surface area (Å²) < 4.78 is 6.05. The maximum absolute atomic E-state index is 11.9. The molecule has 6 nitrogen and oxygen atoms in total.